The summed E-state index contributed by atoms with van der Waals surface area (Å²) in [7, 11) is 0. The Morgan fingerprint density at radius 2 is 2.19 bits per heavy atom. The summed E-state index contributed by atoms with van der Waals surface area (Å²) < 4.78 is 17.1. The van der Waals surface area contributed by atoms with Crippen LogP contribution in [0.25, 0.3) is 0 Å². The molecular weight excluding hydrogens is 336 g/mol. The molecule has 6 atom stereocenters. The number of aliphatic hydroxyl groups is 1. The minimum atomic E-state index is -1.56. The molecule has 3 rings (SSSR count). The second-order valence-electron chi connectivity index (χ2n) is 7.70. The second-order valence-corrected chi connectivity index (χ2v) is 7.70. The zero-order chi connectivity index (χ0) is 19.3. The summed E-state index contributed by atoms with van der Waals surface area (Å²) in [5.41, 5.74) is -0.0485. The molecule has 0 radical (unpaired) electrons. The predicted octanol–water partition coefficient (Wildman–Crippen LogP) is 2.43. The smallest absolute Gasteiger partial charge is 0.334 e. The van der Waals surface area contributed by atoms with Crippen molar-refractivity contribution in [2.24, 2.45) is 11.8 Å². The van der Waals surface area contributed by atoms with Crippen LogP contribution in [0, 0.1) is 11.8 Å². The van der Waals surface area contributed by atoms with Gasteiger partial charge in [0.1, 0.15) is 12.2 Å². The third-order valence-electron chi connectivity index (χ3n) is 5.58. The van der Waals surface area contributed by atoms with E-state index in [0.29, 0.717) is 12.0 Å². The second kappa shape index (κ2) is 6.35. The predicted molar refractivity (Wildman–Crippen MR) is 93.8 cm³/mol. The lowest BCUT2D eigenvalue weighted by molar-refractivity contribution is -0.190. The first-order chi connectivity index (χ1) is 12.1. The summed E-state index contributed by atoms with van der Waals surface area (Å²) in [6.07, 6.45) is 4.64. The highest BCUT2D eigenvalue weighted by atomic mass is 16.6. The number of rotatable bonds is 3. The Kier molecular flexibility index (Phi) is 4.61. The first-order valence-electron chi connectivity index (χ1n) is 9.00. The van der Waals surface area contributed by atoms with Gasteiger partial charge in [-0.1, -0.05) is 26.5 Å². The molecular formula is C20H26O6. The highest BCUT2D eigenvalue weighted by molar-refractivity contribution is 5.91. The Hall–Kier alpha value is -1.92. The van der Waals surface area contributed by atoms with Gasteiger partial charge in [-0.3, -0.25) is 4.79 Å². The Balaban J connectivity index is 2.01. The molecule has 1 saturated heterocycles. The maximum Gasteiger partial charge on any atom is 0.334 e. The van der Waals surface area contributed by atoms with E-state index in [4.69, 9.17) is 14.2 Å². The number of ether oxygens (including phenoxy) is 3. The number of fused-ring (bicyclic) bond motifs is 3. The van der Waals surface area contributed by atoms with Gasteiger partial charge in [-0.15, -0.1) is 0 Å². The Morgan fingerprint density at radius 1 is 1.50 bits per heavy atom. The molecule has 1 fully saturated rings. The van der Waals surface area contributed by atoms with Crippen LogP contribution < -0.4 is 0 Å². The van der Waals surface area contributed by atoms with Crippen LogP contribution in [0.1, 0.15) is 40.5 Å². The zero-order valence-electron chi connectivity index (χ0n) is 15.7. The van der Waals surface area contributed by atoms with Crippen LogP contribution in [0.2, 0.25) is 0 Å². The van der Waals surface area contributed by atoms with Gasteiger partial charge in [-0.2, -0.15) is 0 Å². The number of hydrogen-bond donors (Lipinski definition) is 1. The largest absolute Gasteiger partial charge is 0.461 e. The lowest BCUT2D eigenvalue weighted by atomic mass is 9.83. The highest BCUT2D eigenvalue weighted by Gasteiger charge is 2.52. The van der Waals surface area contributed by atoms with Crippen molar-refractivity contribution in [3.05, 3.63) is 36.0 Å². The fourth-order valence-electron chi connectivity index (χ4n) is 3.65. The lowest BCUT2D eigenvalue weighted by Crippen LogP contribution is -2.41. The normalized spacial score (nSPS) is 42.0. The molecule has 3 aliphatic heterocycles. The molecule has 0 aliphatic carbocycles. The first-order valence-corrected chi connectivity index (χ1v) is 9.00. The van der Waals surface area contributed by atoms with Crippen molar-refractivity contribution in [1.29, 1.82) is 0 Å². The molecule has 0 aromatic carbocycles. The van der Waals surface area contributed by atoms with Gasteiger partial charge in [0.2, 0.25) is 5.79 Å². The minimum Gasteiger partial charge on any atom is -0.461 e. The van der Waals surface area contributed by atoms with E-state index in [9.17, 15) is 14.7 Å². The van der Waals surface area contributed by atoms with Crippen LogP contribution in [0.4, 0.5) is 0 Å². The van der Waals surface area contributed by atoms with Crippen LogP contribution in [-0.2, 0) is 23.8 Å². The van der Waals surface area contributed by atoms with E-state index in [0.717, 1.165) is 0 Å². The van der Waals surface area contributed by atoms with Crippen molar-refractivity contribution in [2.75, 3.05) is 0 Å². The van der Waals surface area contributed by atoms with Crippen molar-refractivity contribution in [3.8, 4) is 0 Å². The summed E-state index contributed by atoms with van der Waals surface area (Å²) in [5, 5.41) is 10.8. The van der Waals surface area contributed by atoms with E-state index < -0.39 is 35.5 Å². The van der Waals surface area contributed by atoms with Crippen LogP contribution >= 0.6 is 0 Å². The quantitative estimate of drug-likeness (QED) is 0.472. The number of hydrogen-bond acceptors (Lipinski definition) is 6. The molecule has 0 spiro atoms. The van der Waals surface area contributed by atoms with Gasteiger partial charge in [0, 0.05) is 12.0 Å². The van der Waals surface area contributed by atoms with Gasteiger partial charge in [0.25, 0.3) is 0 Å². The van der Waals surface area contributed by atoms with E-state index in [1.165, 1.54) is 0 Å². The molecule has 6 heteroatoms. The maximum absolute atomic E-state index is 12.4. The average Bonchev–Trinajstić information content (AvgIpc) is 3.03. The molecule has 0 aromatic rings. The molecule has 0 amide bonds. The Labute approximate surface area is 153 Å². The lowest BCUT2D eigenvalue weighted by Gasteiger charge is -2.33. The van der Waals surface area contributed by atoms with E-state index in [1.807, 2.05) is 13.8 Å². The van der Waals surface area contributed by atoms with E-state index in [1.54, 1.807) is 32.1 Å². The molecule has 0 aromatic heterocycles. The maximum atomic E-state index is 12.4. The van der Waals surface area contributed by atoms with E-state index >= 15 is 0 Å². The topological polar surface area (TPSA) is 82.1 Å². The Morgan fingerprint density at radius 3 is 2.85 bits per heavy atom. The highest BCUT2D eigenvalue weighted by Crippen LogP contribution is 2.44. The monoisotopic (exact) mass is 362 g/mol. The first kappa shape index (κ1) is 18.9. The standard InChI is InChI=1S/C20H26O6/c1-6-11(2)17(21)25-15-10-19(5)7-8-20(23,26-19)12(3)9-14-16(15)13(4)18(22)24-14/h7-9,11,14-16,23H,4,6,10H2,1-3,5H3/b12-9-/t11-,14-,15-,16+,19+,20+/m1/s1. The van der Waals surface area contributed by atoms with Gasteiger partial charge >= 0.3 is 11.9 Å². The summed E-state index contributed by atoms with van der Waals surface area (Å²) in [5.74, 6) is -3.17. The molecule has 2 bridgehead atoms. The molecule has 3 heterocycles. The fraction of sp³-hybridized carbons (Fsp3) is 0.600. The Bertz CT molecular complexity index is 707. The van der Waals surface area contributed by atoms with Crippen LogP contribution in [0.15, 0.2) is 36.0 Å². The SMILES string of the molecule is C=C1C(=O)O[C@@H]2/C=C(/C)[C@]3(O)C=C[C@@](C)(C[C@@H](OC(=O)[C@H](C)CC)[C@@H]12)O3. The van der Waals surface area contributed by atoms with Gasteiger partial charge in [-0.25, -0.2) is 4.79 Å². The molecule has 142 valence electrons. The van der Waals surface area contributed by atoms with Crippen molar-refractivity contribution in [2.45, 2.75) is 64.1 Å². The zero-order valence-corrected chi connectivity index (χ0v) is 15.7. The molecule has 6 nitrogen and oxygen atoms in total. The van der Waals surface area contributed by atoms with Crippen molar-refractivity contribution >= 4 is 11.9 Å². The van der Waals surface area contributed by atoms with E-state index in [-0.39, 0.29) is 23.9 Å². The summed E-state index contributed by atoms with van der Waals surface area (Å²) in [4.78, 5) is 24.6. The number of esters is 2. The van der Waals surface area contributed by atoms with Gasteiger partial charge in [0.15, 0.2) is 0 Å². The summed E-state index contributed by atoms with van der Waals surface area (Å²) >= 11 is 0. The van der Waals surface area contributed by atoms with Gasteiger partial charge in [0.05, 0.1) is 17.4 Å². The van der Waals surface area contributed by atoms with Crippen molar-refractivity contribution in [3.63, 3.8) is 0 Å². The van der Waals surface area contributed by atoms with Crippen LogP contribution in [0.5, 0.6) is 0 Å². The van der Waals surface area contributed by atoms with Crippen LogP contribution in [0.3, 0.4) is 0 Å². The molecule has 0 saturated carbocycles. The molecule has 26 heavy (non-hydrogen) atoms. The third kappa shape index (κ3) is 3.12. The van der Waals surface area contributed by atoms with Gasteiger partial charge in [-0.05, 0) is 38.0 Å². The number of carbonyl (C=O) groups is 2. The average molecular weight is 362 g/mol. The minimum absolute atomic E-state index is 0.255. The molecule has 1 N–H and O–H groups in total. The summed E-state index contributed by atoms with van der Waals surface area (Å²) in [6.45, 7) is 11.1. The summed E-state index contributed by atoms with van der Waals surface area (Å²) in [6, 6.07) is 0. The molecule has 3 aliphatic rings. The van der Waals surface area contributed by atoms with Crippen molar-refractivity contribution < 1.29 is 28.9 Å². The van der Waals surface area contributed by atoms with Gasteiger partial charge < -0.3 is 19.3 Å². The number of carbonyl (C=O) groups excluding carboxylic acids is 2. The third-order valence-corrected chi connectivity index (χ3v) is 5.58. The molecule has 0 unspecified atom stereocenters. The van der Waals surface area contributed by atoms with Crippen molar-refractivity contribution in [1.82, 2.24) is 0 Å². The van der Waals surface area contributed by atoms with E-state index in [2.05, 4.69) is 6.58 Å². The van der Waals surface area contributed by atoms with Crippen LogP contribution in [-0.4, -0.2) is 40.6 Å². The fourth-order valence-corrected chi connectivity index (χ4v) is 3.65.